The second kappa shape index (κ2) is 7.36. The van der Waals surface area contributed by atoms with Crippen LogP contribution >= 0.6 is 0 Å². The van der Waals surface area contributed by atoms with E-state index in [1.165, 1.54) is 20.0 Å². The van der Waals surface area contributed by atoms with Crippen LogP contribution in [0.1, 0.15) is 39.5 Å². The van der Waals surface area contributed by atoms with Crippen LogP contribution in [0.4, 0.5) is 0 Å². The van der Waals surface area contributed by atoms with E-state index in [0.717, 1.165) is 12.8 Å². The maximum atomic E-state index is 11.8. The number of ether oxygens (including phenoxy) is 1. The van der Waals surface area contributed by atoms with Gasteiger partial charge in [-0.1, -0.05) is 26.7 Å². The second-order valence-electron chi connectivity index (χ2n) is 5.17. The highest BCUT2D eigenvalue weighted by Gasteiger charge is 2.25. The summed E-state index contributed by atoms with van der Waals surface area (Å²) < 4.78 is 4.68. The lowest BCUT2D eigenvalue weighted by atomic mass is 10.0. The van der Waals surface area contributed by atoms with Crippen molar-refractivity contribution in [1.82, 2.24) is 10.6 Å². The molecule has 0 aromatic rings. The standard InChI is InChI=1S/C13H24N2O3/c1-9(2)12(13(17)18-3)15-11(16)8-14-10-6-4-5-7-10/h9-10,12,14H,4-8H2,1-3H3,(H,15,16)/t12-/m1/s1. The van der Waals surface area contributed by atoms with Crippen molar-refractivity contribution in [3.05, 3.63) is 0 Å². The molecule has 5 nitrogen and oxygen atoms in total. The Hall–Kier alpha value is -1.10. The first-order chi connectivity index (χ1) is 8.54. The van der Waals surface area contributed by atoms with E-state index in [2.05, 4.69) is 15.4 Å². The zero-order chi connectivity index (χ0) is 13.5. The fraction of sp³-hybridized carbons (Fsp3) is 0.846. The van der Waals surface area contributed by atoms with Crippen LogP contribution in [-0.4, -0.2) is 37.6 Å². The molecule has 1 fully saturated rings. The Bertz CT molecular complexity index is 286. The summed E-state index contributed by atoms with van der Waals surface area (Å²) in [5.41, 5.74) is 0. The van der Waals surface area contributed by atoms with Gasteiger partial charge in [-0.05, 0) is 18.8 Å². The van der Waals surface area contributed by atoms with Crippen LogP contribution in [0.5, 0.6) is 0 Å². The van der Waals surface area contributed by atoms with Crippen LogP contribution in [0, 0.1) is 5.92 Å². The number of methoxy groups -OCH3 is 1. The van der Waals surface area contributed by atoms with Crippen molar-refractivity contribution in [3.8, 4) is 0 Å². The molecule has 104 valence electrons. The molecular formula is C13H24N2O3. The Morgan fingerprint density at radius 2 is 1.89 bits per heavy atom. The summed E-state index contributed by atoms with van der Waals surface area (Å²) in [6.07, 6.45) is 4.74. The van der Waals surface area contributed by atoms with Crippen molar-refractivity contribution >= 4 is 11.9 Å². The zero-order valence-electron chi connectivity index (χ0n) is 11.5. The van der Waals surface area contributed by atoms with Gasteiger partial charge < -0.3 is 15.4 Å². The van der Waals surface area contributed by atoms with Gasteiger partial charge in [-0.25, -0.2) is 4.79 Å². The maximum Gasteiger partial charge on any atom is 0.328 e. The van der Waals surface area contributed by atoms with E-state index < -0.39 is 6.04 Å². The van der Waals surface area contributed by atoms with Gasteiger partial charge >= 0.3 is 5.97 Å². The van der Waals surface area contributed by atoms with Gasteiger partial charge in [-0.3, -0.25) is 4.79 Å². The lowest BCUT2D eigenvalue weighted by Crippen LogP contribution is -2.48. The topological polar surface area (TPSA) is 67.4 Å². The molecule has 1 aliphatic rings. The molecule has 0 spiro atoms. The second-order valence-corrected chi connectivity index (χ2v) is 5.17. The third-order valence-corrected chi connectivity index (χ3v) is 3.34. The first-order valence-corrected chi connectivity index (χ1v) is 6.65. The Balaban J connectivity index is 2.33. The molecule has 0 radical (unpaired) electrons. The van der Waals surface area contributed by atoms with Crippen LogP contribution in [0.15, 0.2) is 0 Å². The fourth-order valence-corrected chi connectivity index (χ4v) is 2.22. The summed E-state index contributed by atoms with van der Waals surface area (Å²) in [6.45, 7) is 4.03. The average molecular weight is 256 g/mol. The minimum absolute atomic E-state index is 0.0212. The van der Waals surface area contributed by atoms with Gasteiger partial charge in [0.2, 0.25) is 5.91 Å². The van der Waals surface area contributed by atoms with Crippen molar-refractivity contribution in [2.75, 3.05) is 13.7 Å². The molecule has 1 aliphatic carbocycles. The average Bonchev–Trinajstić information content (AvgIpc) is 2.85. The number of hydrogen-bond donors (Lipinski definition) is 2. The Labute approximate surface area is 109 Å². The summed E-state index contributed by atoms with van der Waals surface area (Å²) >= 11 is 0. The first kappa shape index (κ1) is 15.0. The zero-order valence-corrected chi connectivity index (χ0v) is 11.5. The summed E-state index contributed by atoms with van der Waals surface area (Å²) in [6, 6.07) is -0.112. The lowest BCUT2D eigenvalue weighted by Gasteiger charge is -2.20. The third-order valence-electron chi connectivity index (χ3n) is 3.34. The molecular weight excluding hydrogens is 232 g/mol. The molecule has 2 N–H and O–H groups in total. The number of esters is 1. The monoisotopic (exact) mass is 256 g/mol. The van der Waals surface area contributed by atoms with E-state index in [9.17, 15) is 9.59 Å². The summed E-state index contributed by atoms with van der Waals surface area (Å²) in [7, 11) is 1.33. The van der Waals surface area contributed by atoms with E-state index in [1.807, 2.05) is 13.8 Å². The highest BCUT2D eigenvalue weighted by Crippen LogP contribution is 2.17. The van der Waals surface area contributed by atoms with E-state index in [1.54, 1.807) is 0 Å². The normalized spacial score (nSPS) is 17.8. The Kier molecular flexibility index (Phi) is 6.12. The molecule has 0 saturated heterocycles. The minimum atomic E-state index is -0.562. The van der Waals surface area contributed by atoms with Gasteiger partial charge in [-0.15, -0.1) is 0 Å². The van der Waals surface area contributed by atoms with Crippen molar-refractivity contribution in [3.63, 3.8) is 0 Å². The number of hydrogen-bond acceptors (Lipinski definition) is 4. The number of rotatable bonds is 6. The highest BCUT2D eigenvalue weighted by atomic mass is 16.5. The lowest BCUT2D eigenvalue weighted by molar-refractivity contribution is -0.146. The third kappa shape index (κ3) is 4.64. The van der Waals surface area contributed by atoms with Crippen LogP contribution in [-0.2, 0) is 14.3 Å². The first-order valence-electron chi connectivity index (χ1n) is 6.65. The van der Waals surface area contributed by atoms with Crippen molar-refractivity contribution < 1.29 is 14.3 Å². The van der Waals surface area contributed by atoms with Crippen LogP contribution in [0.3, 0.4) is 0 Å². The number of nitrogens with one attached hydrogen (secondary N) is 2. The molecule has 5 heteroatoms. The molecule has 0 bridgehead atoms. The predicted molar refractivity (Wildman–Crippen MR) is 69.0 cm³/mol. The smallest absolute Gasteiger partial charge is 0.328 e. The molecule has 0 aromatic heterocycles. The van der Waals surface area contributed by atoms with E-state index in [4.69, 9.17) is 0 Å². The summed E-state index contributed by atoms with van der Waals surface area (Å²) in [5, 5.41) is 5.93. The molecule has 18 heavy (non-hydrogen) atoms. The quantitative estimate of drug-likeness (QED) is 0.691. The van der Waals surface area contributed by atoms with Crippen LogP contribution < -0.4 is 10.6 Å². The molecule has 1 saturated carbocycles. The molecule has 0 aromatic carbocycles. The predicted octanol–water partition coefficient (Wildman–Crippen LogP) is 0.832. The largest absolute Gasteiger partial charge is 0.467 e. The summed E-state index contributed by atoms with van der Waals surface area (Å²) in [4.78, 5) is 23.2. The van der Waals surface area contributed by atoms with Gasteiger partial charge in [0.25, 0.3) is 0 Å². The van der Waals surface area contributed by atoms with E-state index in [-0.39, 0.29) is 24.3 Å². The number of carbonyl (C=O) groups is 2. The minimum Gasteiger partial charge on any atom is -0.467 e. The van der Waals surface area contributed by atoms with Gasteiger partial charge in [-0.2, -0.15) is 0 Å². The van der Waals surface area contributed by atoms with E-state index in [0.29, 0.717) is 6.04 Å². The van der Waals surface area contributed by atoms with Crippen molar-refractivity contribution in [1.29, 1.82) is 0 Å². The number of amides is 1. The SMILES string of the molecule is COC(=O)[C@H](NC(=O)CNC1CCCC1)C(C)C. The van der Waals surface area contributed by atoms with Gasteiger partial charge in [0.05, 0.1) is 13.7 Å². The summed E-state index contributed by atoms with van der Waals surface area (Å²) in [5.74, 6) is -0.516. The maximum absolute atomic E-state index is 11.8. The van der Waals surface area contributed by atoms with Crippen molar-refractivity contribution in [2.24, 2.45) is 5.92 Å². The van der Waals surface area contributed by atoms with Gasteiger partial charge in [0, 0.05) is 6.04 Å². The molecule has 0 aliphatic heterocycles. The molecule has 0 heterocycles. The van der Waals surface area contributed by atoms with Crippen molar-refractivity contribution in [2.45, 2.75) is 51.6 Å². The Morgan fingerprint density at radius 3 is 2.39 bits per heavy atom. The van der Waals surface area contributed by atoms with Gasteiger partial charge in [0.1, 0.15) is 6.04 Å². The molecule has 1 rings (SSSR count). The highest BCUT2D eigenvalue weighted by molar-refractivity contribution is 5.85. The molecule has 1 amide bonds. The Morgan fingerprint density at radius 1 is 1.28 bits per heavy atom. The molecule has 1 atom stereocenters. The van der Waals surface area contributed by atoms with Gasteiger partial charge in [0.15, 0.2) is 0 Å². The van der Waals surface area contributed by atoms with E-state index >= 15 is 0 Å². The van der Waals surface area contributed by atoms with Crippen LogP contribution in [0.2, 0.25) is 0 Å². The van der Waals surface area contributed by atoms with Crippen LogP contribution in [0.25, 0.3) is 0 Å². The fourth-order valence-electron chi connectivity index (χ4n) is 2.22. The number of carbonyl (C=O) groups excluding carboxylic acids is 2. The molecule has 0 unspecified atom stereocenters.